The lowest BCUT2D eigenvalue weighted by Crippen LogP contribution is -2.14. The van der Waals surface area contributed by atoms with Crippen molar-refractivity contribution in [3.8, 4) is 0 Å². The molecule has 1 heterocycles. The van der Waals surface area contributed by atoms with Gasteiger partial charge in [0.15, 0.2) is 0 Å². The fourth-order valence-corrected chi connectivity index (χ4v) is 2.95. The first-order chi connectivity index (χ1) is 12.5. The number of anilines is 2. The zero-order valence-electron chi connectivity index (χ0n) is 14.7. The number of hydrogen-bond donors (Lipinski definition) is 2. The topological polar surface area (TPSA) is 54.0 Å². The van der Waals surface area contributed by atoms with E-state index < -0.39 is 0 Å². The molecule has 0 aliphatic rings. The van der Waals surface area contributed by atoms with Crippen molar-refractivity contribution in [2.45, 2.75) is 20.4 Å². The number of rotatable bonds is 5. The van der Waals surface area contributed by atoms with Crippen molar-refractivity contribution in [1.82, 2.24) is 4.98 Å². The third-order valence-corrected chi connectivity index (χ3v) is 4.28. The van der Waals surface area contributed by atoms with Gasteiger partial charge in [-0.3, -0.25) is 9.78 Å². The molecular weight excluding hydrogens is 346 g/mol. The number of aromatic nitrogens is 1. The quantitative estimate of drug-likeness (QED) is 0.652. The lowest BCUT2D eigenvalue weighted by molar-refractivity contribution is 0.102. The van der Waals surface area contributed by atoms with Crippen LogP contribution in [0.2, 0.25) is 5.02 Å². The molecule has 0 saturated carbocycles. The van der Waals surface area contributed by atoms with E-state index >= 15 is 0 Å². The lowest BCUT2D eigenvalue weighted by Gasteiger charge is -2.10. The number of nitrogens with zero attached hydrogens (tertiary/aromatic N) is 1. The third kappa shape index (κ3) is 4.61. The molecule has 0 saturated heterocycles. The molecule has 1 amide bonds. The summed E-state index contributed by atoms with van der Waals surface area (Å²) in [6.07, 6.45) is 1.62. The summed E-state index contributed by atoms with van der Waals surface area (Å²) in [6.45, 7) is 4.57. The number of hydrogen-bond acceptors (Lipinski definition) is 3. The number of nitrogens with one attached hydrogen (secondary N) is 2. The minimum atomic E-state index is -0.239. The first-order valence-corrected chi connectivity index (χ1v) is 8.72. The van der Waals surface area contributed by atoms with Gasteiger partial charge < -0.3 is 10.6 Å². The van der Waals surface area contributed by atoms with Gasteiger partial charge in [-0.1, -0.05) is 35.9 Å². The van der Waals surface area contributed by atoms with Gasteiger partial charge in [-0.2, -0.15) is 0 Å². The van der Waals surface area contributed by atoms with Gasteiger partial charge in [-0.05, 0) is 60.9 Å². The second-order valence-corrected chi connectivity index (χ2v) is 6.61. The predicted molar refractivity (Wildman–Crippen MR) is 107 cm³/mol. The summed E-state index contributed by atoms with van der Waals surface area (Å²) in [5.41, 5.74) is 5.13. The summed E-state index contributed by atoms with van der Waals surface area (Å²) in [7, 11) is 0. The van der Waals surface area contributed by atoms with Crippen molar-refractivity contribution in [3.05, 3.63) is 88.2 Å². The molecule has 0 fully saturated rings. The standard InChI is InChI=1S/C21H20ClN3O/c1-14-9-15(2)11-18(10-14)25-21(26)20-12-17(7-8-23-20)24-13-16-5-3-4-6-19(16)22/h3-12H,13H2,1-2H3,(H,23,24)(H,25,26). The average molecular weight is 366 g/mol. The fraction of sp³-hybridized carbons (Fsp3) is 0.143. The van der Waals surface area contributed by atoms with Gasteiger partial charge >= 0.3 is 0 Å². The Kier molecular flexibility index (Phi) is 5.54. The van der Waals surface area contributed by atoms with Gasteiger partial charge in [0, 0.05) is 29.1 Å². The molecule has 0 aliphatic carbocycles. The number of aryl methyl sites for hydroxylation is 2. The molecule has 0 atom stereocenters. The van der Waals surface area contributed by atoms with E-state index in [-0.39, 0.29) is 5.91 Å². The summed E-state index contributed by atoms with van der Waals surface area (Å²) in [4.78, 5) is 16.7. The van der Waals surface area contributed by atoms with Crippen LogP contribution in [0.25, 0.3) is 0 Å². The largest absolute Gasteiger partial charge is 0.381 e. The van der Waals surface area contributed by atoms with Crippen LogP contribution in [-0.2, 0) is 6.54 Å². The first kappa shape index (κ1) is 18.0. The molecule has 2 aromatic carbocycles. The zero-order chi connectivity index (χ0) is 18.5. The Morgan fingerprint density at radius 1 is 1.00 bits per heavy atom. The first-order valence-electron chi connectivity index (χ1n) is 8.34. The van der Waals surface area contributed by atoms with Crippen molar-refractivity contribution in [3.63, 3.8) is 0 Å². The van der Waals surface area contributed by atoms with Crippen LogP contribution in [0, 0.1) is 13.8 Å². The van der Waals surface area contributed by atoms with Crippen LogP contribution in [0.1, 0.15) is 27.2 Å². The molecule has 4 nitrogen and oxygen atoms in total. The highest BCUT2D eigenvalue weighted by atomic mass is 35.5. The smallest absolute Gasteiger partial charge is 0.274 e. The number of benzene rings is 2. The molecule has 0 radical (unpaired) electrons. The van der Waals surface area contributed by atoms with Gasteiger partial charge in [0.1, 0.15) is 5.69 Å². The van der Waals surface area contributed by atoms with E-state index in [1.165, 1.54) is 0 Å². The monoisotopic (exact) mass is 365 g/mol. The van der Waals surface area contributed by atoms with Crippen LogP contribution in [0.3, 0.4) is 0 Å². The van der Waals surface area contributed by atoms with E-state index in [4.69, 9.17) is 11.6 Å². The normalized spacial score (nSPS) is 10.4. The van der Waals surface area contributed by atoms with Gasteiger partial charge in [-0.25, -0.2) is 0 Å². The number of pyridine rings is 1. The van der Waals surface area contributed by atoms with Crippen molar-refractivity contribution in [2.24, 2.45) is 0 Å². The average Bonchev–Trinajstić information content (AvgIpc) is 2.60. The molecule has 0 aliphatic heterocycles. The van der Waals surface area contributed by atoms with E-state index in [9.17, 15) is 4.79 Å². The molecule has 3 rings (SSSR count). The molecule has 5 heteroatoms. The van der Waals surface area contributed by atoms with Crippen LogP contribution in [-0.4, -0.2) is 10.9 Å². The molecular formula is C21H20ClN3O. The van der Waals surface area contributed by atoms with Gasteiger partial charge in [0.2, 0.25) is 0 Å². The Hall–Kier alpha value is -2.85. The Labute approximate surface area is 158 Å². The number of amides is 1. The van der Waals surface area contributed by atoms with Crippen LogP contribution in [0.4, 0.5) is 11.4 Å². The summed E-state index contributed by atoms with van der Waals surface area (Å²) in [5.74, 6) is -0.239. The molecule has 1 aromatic heterocycles. The van der Waals surface area contributed by atoms with Crippen molar-refractivity contribution in [2.75, 3.05) is 10.6 Å². The predicted octanol–water partition coefficient (Wildman–Crippen LogP) is 5.22. The number of carbonyl (C=O) groups excluding carboxylic acids is 1. The van der Waals surface area contributed by atoms with Crippen molar-refractivity contribution in [1.29, 1.82) is 0 Å². The SMILES string of the molecule is Cc1cc(C)cc(NC(=O)c2cc(NCc3ccccc3Cl)ccn2)c1. The highest BCUT2D eigenvalue weighted by Crippen LogP contribution is 2.18. The van der Waals surface area contributed by atoms with Crippen molar-refractivity contribution >= 4 is 28.9 Å². The van der Waals surface area contributed by atoms with Gasteiger partial charge in [-0.15, -0.1) is 0 Å². The highest BCUT2D eigenvalue weighted by Gasteiger charge is 2.09. The zero-order valence-corrected chi connectivity index (χ0v) is 15.5. The van der Waals surface area contributed by atoms with Gasteiger partial charge in [0.25, 0.3) is 5.91 Å². The van der Waals surface area contributed by atoms with E-state index in [0.717, 1.165) is 28.1 Å². The highest BCUT2D eigenvalue weighted by molar-refractivity contribution is 6.31. The third-order valence-electron chi connectivity index (χ3n) is 3.91. The maximum Gasteiger partial charge on any atom is 0.274 e. The van der Waals surface area contributed by atoms with E-state index in [1.807, 2.05) is 56.3 Å². The minimum absolute atomic E-state index is 0.239. The second-order valence-electron chi connectivity index (χ2n) is 6.21. The maximum atomic E-state index is 12.5. The van der Waals surface area contributed by atoms with E-state index in [0.29, 0.717) is 17.3 Å². The van der Waals surface area contributed by atoms with Crippen molar-refractivity contribution < 1.29 is 4.79 Å². The Morgan fingerprint density at radius 2 is 1.73 bits per heavy atom. The summed E-state index contributed by atoms with van der Waals surface area (Å²) in [5, 5.41) is 6.88. The molecule has 2 N–H and O–H groups in total. The molecule has 26 heavy (non-hydrogen) atoms. The van der Waals surface area contributed by atoms with E-state index in [1.54, 1.807) is 12.3 Å². The molecule has 0 unspecified atom stereocenters. The van der Waals surface area contributed by atoms with Crippen LogP contribution >= 0.6 is 11.6 Å². The van der Waals surface area contributed by atoms with Crippen LogP contribution in [0.5, 0.6) is 0 Å². The molecule has 0 bridgehead atoms. The Bertz CT molecular complexity index is 920. The lowest BCUT2D eigenvalue weighted by atomic mass is 10.1. The summed E-state index contributed by atoms with van der Waals surface area (Å²) >= 11 is 6.17. The van der Waals surface area contributed by atoms with Crippen LogP contribution in [0.15, 0.2) is 60.8 Å². The maximum absolute atomic E-state index is 12.5. The summed E-state index contributed by atoms with van der Waals surface area (Å²) < 4.78 is 0. The molecule has 3 aromatic rings. The second kappa shape index (κ2) is 8.02. The van der Waals surface area contributed by atoms with Crippen LogP contribution < -0.4 is 10.6 Å². The van der Waals surface area contributed by atoms with Gasteiger partial charge in [0.05, 0.1) is 0 Å². The van der Waals surface area contributed by atoms with E-state index in [2.05, 4.69) is 21.7 Å². The Balaban J connectivity index is 1.70. The Morgan fingerprint density at radius 3 is 2.46 bits per heavy atom. The number of halogens is 1. The molecule has 0 spiro atoms. The fourth-order valence-electron chi connectivity index (χ4n) is 2.75. The molecule has 132 valence electrons. The minimum Gasteiger partial charge on any atom is -0.381 e. The number of carbonyl (C=O) groups is 1. The summed E-state index contributed by atoms with van der Waals surface area (Å²) in [6, 6.07) is 17.1.